The molecular formula is C10H13N5O2S. The quantitative estimate of drug-likeness (QED) is 0.825. The topological polar surface area (TPSA) is 105 Å². The molecule has 0 unspecified atom stereocenters. The lowest BCUT2D eigenvalue weighted by Gasteiger charge is -2.11. The van der Waals surface area contributed by atoms with Gasteiger partial charge < -0.3 is 4.90 Å². The summed E-state index contributed by atoms with van der Waals surface area (Å²) in [6.45, 7) is 0. The third-order valence-corrected chi connectivity index (χ3v) is 3.10. The standard InChI is InChI=1S/C10H13N5O2S/c1-15(2)8-5-3-7(4-6-8)9-12-10(14-13-9)18(11,16)17/h3-6H,1-2H3,(H2,11,16,17)(H,12,13,14). The lowest BCUT2D eigenvalue weighted by Crippen LogP contribution is -2.13. The van der Waals surface area contributed by atoms with Gasteiger partial charge in [-0.25, -0.2) is 18.7 Å². The number of sulfonamides is 1. The first-order chi connectivity index (χ1) is 8.38. The Bertz CT molecular complexity index is 645. The van der Waals surface area contributed by atoms with Crippen LogP contribution in [0.2, 0.25) is 0 Å². The summed E-state index contributed by atoms with van der Waals surface area (Å²) in [4.78, 5) is 5.79. The van der Waals surface area contributed by atoms with Crippen LogP contribution >= 0.6 is 0 Å². The maximum absolute atomic E-state index is 11.1. The van der Waals surface area contributed by atoms with Crippen molar-refractivity contribution in [2.45, 2.75) is 5.16 Å². The highest BCUT2D eigenvalue weighted by molar-refractivity contribution is 7.89. The SMILES string of the molecule is CN(C)c1ccc(-c2n[nH]c(S(N)(=O)=O)n2)cc1. The summed E-state index contributed by atoms with van der Waals surface area (Å²) in [6, 6.07) is 7.40. The third kappa shape index (κ3) is 2.49. The van der Waals surface area contributed by atoms with Gasteiger partial charge in [0.2, 0.25) is 0 Å². The number of anilines is 1. The molecule has 0 radical (unpaired) electrons. The summed E-state index contributed by atoms with van der Waals surface area (Å²) in [5, 5.41) is 10.7. The van der Waals surface area contributed by atoms with Crippen LogP contribution in [0.5, 0.6) is 0 Å². The minimum Gasteiger partial charge on any atom is -0.378 e. The molecule has 2 aromatic rings. The first-order valence-electron chi connectivity index (χ1n) is 5.11. The predicted octanol–water partition coefficient (Wildman–Crippen LogP) is 0.185. The molecule has 0 atom stereocenters. The van der Waals surface area contributed by atoms with Gasteiger partial charge >= 0.3 is 0 Å². The van der Waals surface area contributed by atoms with Crippen LogP contribution < -0.4 is 10.0 Å². The molecular weight excluding hydrogens is 254 g/mol. The van der Waals surface area contributed by atoms with Crippen molar-refractivity contribution >= 4 is 15.7 Å². The van der Waals surface area contributed by atoms with E-state index < -0.39 is 10.0 Å². The molecule has 0 aliphatic heterocycles. The van der Waals surface area contributed by atoms with Crippen molar-refractivity contribution in [3.8, 4) is 11.4 Å². The zero-order valence-corrected chi connectivity index (χ0v) is 10.8. The zero-order chi connectivity index (χ0) is 13.3. The Kier molecular flexibility index (Phi) is 3.05. The molecule has 0 fully saturated rings. The summed E-state index contributed by atoms with van der Waals surface area (Å²) >= 11 is 0. The zero-order valence-electron chi connectivity index (χ0n) is 9.95. The molecule has 1 aromatic heterocycles. The van der Waals surface area contributed by atoms with Gasteiger partial charge in [-0.2, -0.15) is 10.1 Å². The van der Waals surface area contributed by atoms with E-state index in [-0.39, 0.29) is 5.16 Å². The van der Waals surface area contributed by atoms with Crippen molar-refractivity contribution in [1.29, 1.82) is 0 Å². The molecule has 0 aliphatic carbocycles. The number of hydrogen-bond acceptors (Lipinski definition) is 5. The highest BCUT2D eigenvalue weighted by Crippen LogP contribution is 2.19. The Morgan fingerprint density at radius 2 is 1.83 bits per heavy atom. The second-order valence-electron chi connectivity index (χ2n) is 3.95. The monoisotopic (exact) mass is 267 g/mol. The maximum Gasteiger partial charge on any atom is 0.273 e. The highest BCUT2D eigenvalue weighted by Gasteiger charge is 2.14. The highest BCUT2D eigenvalue weighted by atomic mass is 32.2. The summed E-state index contributed by atoms with van der Waals surface area (Å²) in [7, 11) is 0.0139. The van der Waals surface area contributed by atoms with Gasteiger partial charge in [0.1, 0.15) is 0 Å². The Balaban J connectivity index is 2.35. The van der Waals surface area contributed by atoms with E-state index in [0.717, 1.165) is 5.69 Å². The van der Waals surface area contributed by atoms with E-state index >= 15 is 0 Å². The molecule has 0 bridgehead atoms. The van der Waals surface area contributed by atoms with Gasteiger partial charge in [-0.15, -0.1) is 0 Å². The number of primary sulfonamides is 1. The third-order valence-electron chi connectivity index (χ3n) is 2.38. The Morgan fingerprint density at radius 1 is 1.22 bits per heavy atom. The van der Waals surface area contributed by atoms with Crippen molar-refractivity contribution in [2.24, 2.45) is 5.14 Å². The molecule has 0 amide bonds. The fourth-order valence-electron chi connectivity index (χ4n) is 1.41. The molecule has 0 aliphatic rings. The van der Waals surface area contributed by atoms with Crippen molar-refractivity contribution in [3.05, 3.63) is 24.3 Å². The average molecular weight is 267 g/mol. The molecule has 8 heteroatoms. The summed E-state index contributed by atoms with van der Waals surface area (Å²) in [5.74, 6) is 0.296. The number of nitrogens with two attached hydrogens (primary N) is 1. The van der Waals surface area contributed by atoms with E-state index in [1.807, 2.05) is 43.3 Å². The Labute approximate surface area is 105 Å². The largest absolute Gasteiger partial charge is 0.378 e. The molecule has 3 N–H and O–H groups in total. The number of hydrogen-bond donors (Lipinski definition) is 2. The number of aromatic amines is 1. The van der Waals surface area contributed by atoms with Crippen molar-refractivity contribution in [2.75, 3.05) is 19.0 Å². The molecule has 1 heterocycles. The van der Waals surface area contributed by atoms with E-state index in [1.54, 1.807) is 0 Å². The van der Waals surface area contributed by atoms with Crippen LogP contribution in [0, 0.1) is 0 Å². The first-order valence-corrected chi connectivity index (χ1v) is 6.65. The molecule has 0 saturated carbocycles. The second-order valence-corrected chi connectivity index (χ2v) is 5.43. The molecule has 1 aromatic carbocycles. The second kappa shape index (κ2) is 4.39. The van der Waals surface area contributed by atoms with Crippen LogP contribution in [0.3, 0.4) is 0 Å². The molecule has 2 rings (SSSR count). The van der Waals surface area contributed by atoms with Crippen molar-refractivity contribution < 1.29 is 8.42 Å². The number of H-pyrrole nitrogens is 1. The molecule has 0 saturated heterocycles. The number of rotatable bonds is 3. The van der Waals surface area contributed by atoms with Gasteiger partial charge in [0.15, 0.2) is 5.82 Å². The van der Waals surface area contributed by atoms with Crippen molar-refractivity contribution in [1.82, 2.24) is 15.2 Å². The van der Waals surface area contributed by atoms with E-state index in [2.05, 4.69) is 15.2 Å². The molecule has 0 spiro atoms. The summed E-state index contributed by atoms with van der Waals surface area (Å²) in [5.41, 5.74) is 1.74. The van der Waals surface area contributed by atoms with Crippen LogP contribution in [-0.2, 0) is 10.0 Å². The van der Waals surface area contributed by atoms with E-state index in [9.17, 15) is 8.42 Å². The first kappa shape index (κ1) is 12.5. The summed E-state index contributed by atoms with van der Waals surface area (Å²) in [6.07, 6.45) is 0. The predicted molar refractivity (Wildman–Crippen MR) is 67.5 cm³/mol. The van der Waals surface area contributed by atoms with E-state index in [4.69, 9.17) is 5.14 Å². The van der Waals surface area contributed by atoms with Gasteiger partial charge in [-0.1, -0.05) is 0 Å². The fourth-order valence-corrected chi connectivity index (χ4v) is 1.80. The van der Waals surface area contributed by atoms with Crippen LogP contribution in [0.15, 0.2) is 29.4 Å². The van der Waals surface area contributed by atoms with Crippen LogP contribution in [0.25, 0.3) is 11.4 Å². The van der Waals surface area contributed by atoms with Crippen LogP contribution in [-0.4, -0.2) is 37.7 Å². The van der Waals surface area contributed by atoms with Gasteiger partial charge in [0.05, 0.1) is 0 Å². The maximum atomic E-state index is 11.1. The average Bonchev–Trinajstić information content (AvgIpc) is 2.78. The lowest BCUT2D eigenvalue weighted by atomic mass is 10.2. The Hall–Kier alpha value is -1.93. The molecule has 18 heavy (non-hydrogen) atoms. The minimum absolute atomic E-state index is 0.296. The summed E-state index contributed by atoms with van der Waals surface area (Å²) < 4.78 is 22.1. The van der Waals surface area contributed by atoms with E-state index in [0.29, 0.717) is 11.4 Å². The lowest BCUT2D eigenvalue weighted by molar-refractivity contribution is 0.589. The van der Waals surface area contributed by atoms with Gasteiger partial charge in [-0.3, -0.25) is 0 Å². The smallest absolute Gasteiger partial charge is 0.273 e. The normalized spacial score (nSPS) is 11.5. The minimum atomic E-state index is -3.85. The number of aromatic nitrogens is 3. The van der Waals surface area contributed by atoms with Gasteiger partial charge in [0, 0.05) is 25.3 Å². The van der Waals surface area contributed by atoms with Gasteiger partial charge in [0.25, 0.3) is 15.2 Å². The molecule has 7 nitrogen and oxygen atoms in total. The van der Waals surface area contributed by atoms with Crippen LogP contribution in [0.4, 0.5) is 5.69 Å². The number of benzene rings is 1. The Morgan fingerprint density at radius 3 is 2.28 bits per heavy atom. The van der Waals surface area contributed by atoms with Crippen molar-refractivity contribution in [3.63, 3.8) is 0 Å². The number of nitrogens with one attached hydrogen (secondary N) is 1. The molecule has 96 valence electrons. The van der Waals surface area contributed by atoms with Gasteiger partial charge in [-0.05, 0) is 24.3 Å². The number of nitrogens with zero attached hydrogens (tertiary/aromatic N) is 3. The van der Waals surface area contributed by atoms with Crippen LogP contribution in [0.1, 0.15) is 0 Å². The fraction of sp³-hybridized carbons (Fsp3) is 0.200. The van der Waals surface area contributed by atoms with E-state index in [1.165, 1.54) is 0 Å².